The second-order valence-corrected chi connectivity index (χ2v) is 9.70. The Bertz CT molecular complexity index is 1400. The van der Waals surface area contributed by atoms with E-state index in [4.69, 9.17) is 4.74 Å². The molecule has 1 amide bonds. The highest BCUT2D eigenvalue weighted by Crippen LogP contribution is 2.22. The lowest BCUT2D eigenvalue weighted by molar-refractivity contribution is 0.0785. The number of rotatable bonds is 9. The number of nitrogens with zero attached hydrogens (tertiary/aromatic N) is 3. The zero-order valence-electron chi connectivity index (χ0n) is 19.5. The molecule has 0 aliphatic heterocycles. The molecule has 0 aliphatic carbocycles. The number of hydrogen-bond acceptors (Lipinski definition) is 5. The second-order valence-electron chi connectivity index (χ2n) is 7.96. The number of para-hydroxylation sites is 2. The molecular formula is C26H26N4O4S. The van der Waals surface area contributed by atoms with Gasteiger partial charge in [0, 0.05) is 37.5 Å². The van der Waals surface area contributed by atoms with E-state index in [0.29, 0.717) is 12.1 Å². The Kier molecular flexibility index (Phi) is 7.28. The van der Waals surface area contributed by atoms with Gasteiger partial charge in [0.2, 0.25) is 10.0 Å². The molecule has 1 aromatic heterocycles. The van der Waals surface area contributed by atoms with Crippen LogP contribution < -0.4 is 9.46 Å². The SMILES string of the molecule is COc1ccccc1S(=O)(=O)NCc1ccc(C(=O)N(C)Cc2cnn(-c3ccccc3)c2)cc1. The Balaban J connectivity index is 1.37. The molecule has 3 aromatic carbocycles. The van der Waals surface area contributed by atoms with Crippen molar-refractivity contribution >= 4 is 15.9 Å². The van der Waals surface area contributed by atoms with E-state index in [9.17, 15) is 13.2 Å². The number of nitrogens with one attached hydrogen (secondary N) is 1. The fourth-order valence-electron chi connectivity index (χ4n) is 3.59. The van der Waals surface area contributed by atoms with Gasteiger partial charge in [0.15, 0.2) is 0 Å². The van der Waals surface area contributed by atoms with E-state index < -0.39 is 10.0 Å². The molecule has 0 saturated carbocycles. The van der Waals surface area contributed by atoms with Crippen molar-refractivity contribution in [3.63, 3.8) is 0 Å². The van der Waals surface area contributed by atoms with Gasteiger partial charge in [0.25, 0.3) is 5.91 Å². The molecule has 0 saturated heterocycles. The van der Waals surface area contributed by atoms with Crippen LogP contribution in [0.4, 0.5) is 0 Å². The van der Waals surface area contributed by atoms with Gasteiger partial charge in [-0.15, -0.1) is 0 Å². The average Bonchev–Trinajstić information content (AvgIpc) is 3.36. The van der Waals surface area contributed by atoms with Gasteiger partial charge in [-0.1, -0.05) is 42.5 Å². The number of ether oxygens (including phenoxy) is 1. The van der Waals surface area contributed by atoms with Crippen LogP contribution in [-0.2, 0) is 23.1 Å². The minimum Gasteiger partial charge on any atom is -0.495 e. The molecule has 8 nitrogen and oxygen atoms in total. The van der Waals surface area contributed by atoms with Crippen molar-refractivity contribution in [3.8, 4) is 11.4 Å². The van der Waals surface area contributed by atoms with E-state index in [0.717, 1.165) is 16.8 Å². The minimum atomic E-state index is -3.75. The minimum absolute atomic E-state index is 0.0755. The van der Waals surface area contributed by atoms with Gasteiger partial charge in [-0.25, -0.2) is 17.8 Å². The number of sulfonamides is 1. The quantitative estimate of drug-likeness (QED) is 0.387. The molecule has 9 heteroatoms. The first-order chi connectivity index (χ1) is 16.9. The zero-order chi connectivity index (χ0) is 24.8. The molecule has 0 bridgehead atoms. The molecule has 0 aliphatic rings. The summed E-state index contributed by atoms with van der Waals surface area (Å²) in [5.41, 5.74) is 3.10. The Morgan fingerprint density at radius 1 is 0.971 bits per heavy atom. The number of carbonyl (C=O) groups is 1. The van der Waals surface area contributed by atoms with Crippen LogP contribution in [0.3, 0.4) is 0 Å². The normalized spacial score (nSPS) is 11.3. The van der Waals surface area contributed by atoms with Crippen LogP contribution in [0, 0.1) is 0 Å². The maximum atomic E-state index is 12.9. The van der Waals surface area contributed by atoms with Crippen LogP contribution in [-0.4, -0.2) is 43.2 Å². The number of amides is 1. The summed E-state index contributed by atoms with van der Waals surface area (Å²) < 4.78 is 34.8. The third-order valence-corrected chi connectivity index (χ3v) is 6.89. The number of hydrogen-bond donors (Lipinski definition) is 1. The van der Waals surface area contributed by atoms with Crippen molar-refractivity contribution in [2.24, 2.45) is 0 Å². The van der Waals surface area contributed by atoms with E-state index in [-0.39, 0.29) is 23.1 Å². The monoisotopic (exact) mass is 490 g/mol. The maximum Gasteiger partial charge on any atom is 0.253 e. The summed E-state index contributed by atoms with van der Waals surface area (Å²) in [6.45, 7) is 0.496. The van der Waals surface area contributed by atoms with Crippen LogP contribution in [0.25, 0.3) is 5.69 Å². The molecule has 0 spiro atoms. The molecule has 0 atom stereocenters. The van der Waals surface area contributed by atoms with E-state index in [1.165, 1.54) is 13.2 Å². The molecule has 0 radical (unpaired) electrons. The van der Waals surface area contributed by atoms with Gasteiger partial charge in [-0.05, 0) is 42.0 Å². The highest BCUT2D eigenvalue weighted by atomic mass is 32.2. The van der Waals surface area contributed by atoms with Crippen molar-refractivity contribution in [1.29, 1.82) is 0 Å². The van der Waals surface area contributed by atoms with Crippen LogP contribution in [0.1, 0.15) is 21.5 Å². The first-order valence-electron chi connectivity index (χ1n) is 10.9. The second kappa shape index (κ2) is 10.5. The van der Waals surface area contributed by atoms with E-state index >= 15 is 0 Å². The number of benzene rings is 3. The van der Waals surface area contributed by atoms with Crippen molar-refractivity contribution in [3.05, 3.63) is 108 Å². The molecule has 1 N–H and O–H groups in total. The first-order valence-corrected chi connectivity index (χ1v) is 12.4. The lowest BCUT2D eigenvalue weighted by Gasteiger charge is -2.16. The van der Waals surface area contributed by atoms with E-state index in [2.05, 4.69) is 9.82 Å². The first kappa shape index (κ1) is 24.2. The number of methoxy groups -OCH3 is 1. The summed E-state index contributed by atoms with van der Waals surface area (Å²) in [5, 5.41) is 4.37. The van der Waals surface area contributed by atoms with Crippen molar-refractivity contribution in [2.75, 3.05) is 14.2 Å². The van der Waals surface area contributed by atoms with Crippen LogP contribution >= 0.6 is 0 Å². The Hall–Kier alpha value is -3.95. The topological polar surface area (TPSA) is 93.5 Å². The van der Waals surface area contributed by atoms with E-state index in [1.54, 1.807) is 65.3 Å². The highest BCUT2D eigenvalue weighted by Gasteiger charge is 2.19. The molecule has 4 aromatic rings. The molecule has 180 valence electrons. The molecule has 0 fully saturated rings. The summed E-state index contributed by atoms with van der Waals surface area (Å²) in [6, 6.07) is 23.0. The van der Waals surface area contributed by atoms with E-state index in [1.807, 2.05) is 36.5 Å². The number of carbonyl (C=O) groups excluding carboxylic acids is 1. The van der Waals surface area contributed by atoms with Crippen molar-refractivity contribution < 1.29 is 17.9 Å². The Morgan fingerprint density at radius 2 is 1.66 bits per heavy atom. The number of aromatic nitrogens is 2. The van der Waals surface area contributed by atoms with Gasteiger partial charge >= 0.3 is 0 Å². The van der Waals surface area contributed by atoms with Gasteiger partial charge < -0.3 is 9.64 Å². The molecule has 4 rings (SSSR count). The summed E-state index contributed by atoms with van der Waals surface area (Å²) >= 11 is 0. The largest absolute Gasteiger partial charge is 0.495 e. The van der Waals surface area contributed by atoms with Crippen LogP contribution in [0.15, 0.2) is 96.2 Å². The third kappa shape index (κ3) is 5.76. The lowest BCUT2D eigenvalue weighted by atomic mass is 10.1. The molecule has 1 heterocycles. The summed E-state index contributed by atoms with van der Waals surface area (Å²) in [6.07, 6.45) is 3.64. The van der Waals surface area contributed by atoms with Crippen molar-refractivity contribution in [1.82, 2.24) is 19.4 Å². The van der Waals surface area contributed by atoms with Gasteiger partial charge in [0.1, 0.15) is 10.6 Å². The van der Waals surface area contributed by atoms with Crippen molar-refractivity contribution in [2.45, 2.75) is 18.0 Å². The van der Waals surface area contributed by atoms with Gasteiger partial charge in [-0.2, -0.15) is 5.10 Å². The zero-order valence-corrected chi connectivity index (χ0v) is 20.3. The summed E-state index contributed by atoms with van der Waals surface area (Å²) in [7, 11) is -0.591. The highest BCUT2D eigenvalue weighted by molar-refractivity contribution is 7.89. The summed E-state index contributed by atoms with van der Waals surface area (Å²) in [5.74, 6) is 0.136. The van der Waals surface area contributed by atoms with Gasteiger partial charge in [-0.3, -0.25) is 4.79 Å². The smallest absolute Gasteiger partial charge is 0.253 e. The maximum absolute atomic E-state index is 12.9. The standard InChI is InChI=1S/C26H26N4O4S/c1-29(18-21-16-27-30(19-21)23-8-4-3-5-9-23)26(31)22-14-12-20(13-15-22)17-28-35(32,33)25-11-7-6-10-24(25)34-2/h3-16,19,28H,17-18H2,1-2H3. The van der Waals surface area contributed by atoms with Gasteiger partial charge in [0.05, 0.1) is 19.0 Å². The fraction of sp³-hybridized carbons (Fsp3) is 0.154. The van der Waals surface area contributed by atoms with Crippen LogP contribution in [0.5, 0.6) is 5.75 Å². The molecule has 35 heavy (non-hydrogen) atoms. The Morgan fingerprint density at radius 3 is 2.37 bits per heavy atom. The Labute approximate surface area is 204 Å². The lowest BCUT2D eigenvalue weighted by Crippen LogP contribution is -2.26. The average molecular weight is 491 g/mol. The third-order valence-electron chi connectivity index (χ3n) is 5.45. The molecule has 0 unspecified atom stereocenters. The fourth-order valence-corrected chi connectivity index (χ4v) is 4.78. The summed E-state index contributed by atoms with van der Waals surface area (Å²) in [4.78, 5) is 14.6. The van der Waals surface area contributed by atoms with Crippen LogP contribution in [0.2, 0.25) is 0 Å². The molecular weight excluding hydrogens is 464 g/mol. The predicted octanol–water partition coefficient (Wildman–Crippen LogP) is 3.63. The predicted molar refractivity (Wildman–Crippen MR) is 133 cm³/mol.